The number of rotatable bonds is 4. The molecule has 4 nitrogen and oxygen atoms in total. The number of carbonyl (C=O) groups excluding carboxylic acids is 1. The lowest BCUT2D eigenvalue weighted by Crippen LogP contribution is -2.57. The molecule has 0 bridgehead atoms. The van der Waals surface area contributed by atoms with E-state index < -0.39 is 11.5 Å². The van der Waals surface area contributed by atoms with Gasteiger partial charge in [-0.2, -0.15) is 11.8 Å². The standard InChI is InChI=1S/C15H18BrNO3S/c1-10(11-2-4-12(16)5-3-11)13(18)17-15(14(19)20)6-8-21-9-7-15/h2-5,10H,6-9H2,1H3,(H,17,18)(H,19,20). The molecule has 1 aromatic carbocycles. The van der Waals surface area contributed by atoms with Gasteiger partial charge in [0.25, 0.3) is 0 Å². The summed E-state index contributed by atoms with van der Waals surface area (Å²) in [7, 11) is 0. The summed E-state index contributed by atoms with van der Waals surface area (Å²) in [6.45, 7) is 1.80. The van der Waals surface area contributed by atoms with E-state index in [1.54, 1.807) is 18.7 Å². The molecular weight excluding hydrogens is 354 g/mol. The first-order valence-electron chi connectivity index (χ1n) is 6.83. The van der Waals surface area contributed by atoms with Gasteiger partial charge in [-0.05, 0) is 49.0 Å². The maximum atomic E-state index is 12.4. The fourth-order valence-electron chi connectivity index (χ4n) is 2.36. The number of carbonyl (C=O) groups is 2. The van der Waals surface area contributed by atoms with Crippen LogP contribution >= 0.6 is 27.7 Å². The molecule has 1 aliphatic heterocycles. The number of aliphatic carboxylic acids is 1. The Labute approximate surface area is 136 Å². The summed E-state index contributed by atoms with van der Waals surface area (Å²) in [4.78, 5) is 24.0. The molecule has 0 saturated carbocycles. The predicted octanol–water partition coefficient (Wildman–Crippen LogP) is 3.02. The Morgan fingerprint density at radius 2 is 1.86 bits per heavy atom. The van der Waals surface area contributed by atoms with Crippen molar-refractivity contribution in [2.45, 2.75) is 31.2 Å². The molecular formula is C15H18BrNO3S. The van der Waals surface area contributed by atoms with Crippen molar-refractivity contribution < 1.29 is 14.7 Å². The number of amides is 1. The highest BCUT2D eigenvalue weighted by atomic mass is 79.9. The summed E-state index contributed by atoms with van der Waals surface area (Å²) in [5.41, 5.74) is -0.229. The number of carboxylic acids is 1. The third-order valence-corrected chi connectivity index (χ3v) is 5.40. The maximum Gasteiger partial charge on any atom is 0.329 e. The zero-order valence-corrected chi connectivity index (χ0v) is 14.2. The average molecular weight is 372 g/mol. The van der Waals surface area contributed by atoms with Gasteiger partial charge in [-0.1, -0.05) is 28.1 Å². The van der Waals surface area contributed by atoms with Crippen LogP contribution in [0.15, 0.2) is 28.7 Å². The van der Waals surface area contributed by atoms with E-state index in [9.17, 15) is 14.7 Å². The number of hydrogen-bond donors (Lipinski definition) is 2. The van der Waals surface area contributed by atoms with E-state index in [0.717, 1.165) is 21.5 Å². The van der Waals surface area contributed by atoms with Gasteiger partial charge < -0.3 is 10.4 Å². The normalized spacial score (nSPS) is 18.8. The van der Waals surface area contributed by atoms with Crippen LogP contribution in [0.3, 0.4) is 0 Å². The number of carboxylic acid groups (broad SMARTS) is 1. The largest absolute Gasteiger partial charge is 0.480 e. The van der Waals surface area contributed by atoms with E-state index in [4.69, 9.17) is 0 Å². The Morgan fingerprint density at radius 3 is 2.38 bits per heavy atom. The molecule has 2 N–H and O–H groups in total. The number of thioether (sulfide) groups is 1. The van der Waals surface area contributed by atoms with Crippen molar-refractivity contribution in [1.82, 2.24) is 5.32 Å². The Balaban J connectivity index is 2.11. The quantitative estimate of drug-likeness (QED) is 0.853. The van der Waals surface area contributed by atoms with E-state index in [1.165, 1.54) is 0 Å². The monoisotopic (exact) mass is 371 g/mol. The summed E-state index contributed by atoms with van der Waals surface area (Å²) >= 11 is 5.09. The molecule has 1 unspecified atom stereocenters. The molecule has 1 amide bonds. The van der Waals surface area contributed by atoms with Gasteiger partial charge >= 0.3 is 5.97 Å². The van der Waals surface area contributed by atoms with E-state index in [-0.39, 0.29) is 11.8 Å². The third-order valence-electron chi connectivity index (χ3n) is 3.88. The second kappa shape index (κ2) is 6.83. The molecule has 114 valence electrons. The minimum absolute atomic E-state index is 0.230. The predicted molar refractivity (Wildman–Crippen MR) is 87.6 cm³/mol. The van der Waals surface area contributed by atoms with Gasteiger partial charge in [0.1, 0.15) is 5.54 Å². The van der Waals surface area contributed by atoms with E-state index in [1.807, 2.05) is 24.3 Å². The van der Waals surface area contributed by atoms with Crippen LogP contribution in [0.1, 0.15) is 31.2 Å². The molecule has 1 fully saturated rings. The SMILES string of the molecule is CC(C(=O)NC1(C(=O)O)CCSCC1)c1ccc(Br)cc1. The first kappa shape index (κ1) is 16.4. The fourth-order valence-corrected chi connectivity index (χ4v) is 3.81. The third kappa shape index (κ3) is 3.80. The smallest absolute Gasteiger partial charge is 0.329 e. The van der Waals surface area contributed by atoms with Crippen molar-refractivity contribution in [2.24, 2.45) is 0 Å². The Bertz CT molecular complexity index is 526. The minimum atomic E-state index is -1.11. The van der Waals surface area contributed by atoms with Gasteiger partial charge in [0, 0.05) is 4.47 Å². The topological polar surface area (TPSA) is 66.4 Å². The molecule has 2 rings (SSSR count). The van der Waals surface area contributed by atoms with Crippen molar-refractivity contribution >= 4 is 39.6 Å². The second-order valence-corrected chi connectivity index (χ2v) is 7.40. The molecule has 1 atom stereocenters. The molecule has 0 aliphatic carbocycles. The summed E-state index contributed by atoms with van der Waals surface area (Å²) < 4.78 is 0.949. The van der Waals surface area contributed by atoms with Gasteiger partial charge in [0.15, 0.2) is 0 Å². The van der Waals surface area contributed by atoms with Crippen LogP contribution in [0.5, 0.6) is 0 Å². The molecule has 0 aromatic heterocycles. The van der Waals surface area contributed by atoms with Crippen LogP contribution in [0.4, 0.5) is 0 Å². The summed E-state index contributed by atoms with van der Waals surface area (Å²) in [5, 5.41) is 12.3. The number of halogens is 1. The lowest BCUT2D eigenvalue weighted by atomic mass is 9.90. The van der Waals surface area contributed by atoms with Gasteiger partial charge in [0.2, 0.25) is 5.91 Å². The van der Waals surface area contributed by atoms with E-state index in [0.29, 0.717) is 12.8 Å². The van der Waals surface area contributed by atoms with Crippen LogP contribution in [0.2, 0.25) is 0 Å². The van der Waals surface area contributed by atoms with Gasteiger partial charge in [0.05, 0.1) is 5.92 Å². The highest BCUT2D eigenvalue weighted by Crippen LogP contribution is 2.29. The molecule has 1 aliphatic rings. The van der Waals surface area contributed by atoms with Crippen LogP contribution in [-0.2, 0) is 9.59 Å². The van der Waals surface area contributed by atoms with E-state index in [2.05, 4.69) is 21.2 Å². The Kier molecular flexibility index (Phi) is 5.32. The zero-order chi connectivity index (χ0) is 15.5. The molecule has 0 spiro atoms. The number of benzene rings is 1. The summed E-state index contributed by atoms with van der Waals surface area (Å²) in [6.07, 6.45) is 0.956. The molecule has 1 aromatic rings. The molecule has 1 heterocycles. The van der Waals surface area contributed by atoms with Crippen LogP contribution < -0.4 is 5.32 Å². The molecule has 1 saturated heterocycles. The molecule has 21 heavy (non-hydrogen) atoms. The lowest BCUT2D eigenvalue weighted by molar-refractivity contribution is -0.148. The van der Waals surface area contributed by atoms with Gasteiger partial charge in [-0.3, -0.25) is 4.79 Å². The Morgan fingerprint density at radius 1 is 1.29 bits per heavy atom. The van der Waals surface area contributed by atoms with Gasteiger partial charge in [-0.15, -0.1) is 0 Å². The highest BCUT2D eigenvalue weighted by molar-refractivity contribution is 9.10. The Hall–Kier alpha value is -1.01. The lowest BCUT2D eigenvalue weighted by Gasteiger charge is -2.34. The van der Waals surface area contributed by atoms with Crippen molar-refractivity contribution in [1.29, 1.82) is 0 Å². The maximum absolute atomic E-state index is 12.4. The average Bonchev–Trinajstić information content (AvgIpc) is 2.48. The summed E-state index contributed by atoms with van der Waals surface area (Å²) in [5.74, 6) is -0.00642. The van der Waals surface area contributed by atoms with Crippen molar-refractivity contribution in [3.8, 4) is 0 Å². The molecule has 0 radical (unpaired) electrons. The number of hydrogen-bond acceptors (Lipinski definition) is 3. The van der Waals surface area contributed by atoms with E-state index >= 15 is 0 Å². The van der Waals surface area contributed by atoms with Crippen LogP contribution in [-0.4, -0.2) is 34.0 Å². The van der Waals surface area contributed by atoms with Crippen LogP contribution in [0, 0.1) is 0 Å². The van der Waals surface area contributed by atoms with Crippen molar-refractivity contribution in [3.63, 3.8) is 0 Å². The van der Waals surface area contributed by atoms with Crippen molar-refractivity contribution in [2.75, 3.05) is 11.5 Å². The second-order valence-electron chi connectivity index (χ2n) is 5.26. The summed E-state index contributed by atoms with van der Waals surface area (Å²) in [6, 6.07) is 7.50. The highest BCUT2D eigenvalue weighted by Gasteiger charge is 2.42. The zero-order valence-electron chi connectivity index (χ0n) is 11.8. The van der Waals surface area contributed by atoms with Gasteiger partial charge in [-0.25, -0.2) is 4.79 Å². The first-order valence-corrected chi connectivity index (χ1v) is 8.78. The van der Waals surface area contributed by atoms with Crippen LogP contribution in [0.25, 0.3) is 0 Å². The fraction of sp³-hybridized carbons (Fsp3) is 0.467. The first-order chi connectivity index (χ1) is 9.94. The molecule has 6 heteroatoms. The van der Waals surface area contributed by atoms with Crippen molar-refractivity contribution in [3.05, 3.63) is 34.3 Å². The minimum Gasteiger partial charge on any atom is -0.480 e. The number of nitrogens with one attached hydrogen (secondary N) is 1.